The molecule has 0 saturated carbocycles. The van der Waals surface area contributed by atoms with Crippen molar-refractivity contribution in [1.29, 1.82) is 0 Å². The van der Waals surface area contributed by atoms with Crippen LogP contribution < -0.4 is 4.74 Å². The summed E-state index contributed by atoms with van der Waals surface area (Å²) in [5.74, 6) is -0.319. The van der Waals surface area contributed by atoms with Gasteiger partial charge in [0.05, 0.1) is 0 Å². The first-order chi connectivity index (χ1) is 9.65. The minimum atomic E-state index is -0.987. The second-order valence-electron chi connectivity index (χ2n) is 4.00. The first-order valence-electron chi connectivity index (χ1n) is 5.87. The van der Waals surface area contributed by atoms with E-state index in [0.29, 0.717) is 12.4 Å². The molecule has 1 heterocycles. The molecule has 0 aliphatic rings. The first-order valence-corrected chi connectivity index (χ1v) is 6.67. The van der Waals surface area contributed by atoms with Gasteiger partial charge in [0.1, 0.15) is 12.4 Å². The molecular weight excluding hydrogens is 322 g/mol. The Bertz CT molecular complexity index is 626. The van der Waals surface area contributed by atoms with Crippen molar-refractivity contribution in [3.8, 4) is 5.75 Å². The number of halogens is 1. The molecule has 2 rings (SSSR count). The van der Waals surface area contributed by atoms with Gasteiger partial charge in [-0.05, 0) is 35.9 Å². The zero-order valence-electron chi connectivity index (χ0n) is 10.5. The largest absolute Gasteiger partial charge is 0.489 e. The number of hydrogen-bond acceptors (Lipinski definition) is 3. The van der Waals surface area contributed by atoms with Crippen LogP contribution in [0.25, 0.3) is 6.08 Å². The lowest BCUT2D eigenvalue weighted by atomic mass is 10.2. The first kappa shape index (κ1) is 14.3. The molecular formula is C15H12BrNO3. The number of aromatic nitrogens is 1. The fraction of sp³-hybridized carbons (Fsp3) is 0.0667. The summed E-state index contributed by atoms with van der Waals surface area (Å²) < 4.78 is 6.46. The Morgan fingerprint density at radius 1 is 1.40 bits per heavy atom. The molecule has 20 heavy (non-hydrogen) atoms. The highest BCUT2D eigenvalue weighted by atomic mass is 79.9. The molecule has 1 aromatic carbocycles. The van der Waals surface area contributed by atoms with Crippen LogP contribution in [-0.4, -0.2) is 16.1 Å². The van der Waals surface area contributed by atoms with Crippen LogP contribution in [0.3, 0.4) is 0 Å². The maximum Gasteiger partial charge on any atom is 0.328 e. The van der Waals surface area contributed by atoms with Crippen LogP contribution in [0.1, 0.15) is 11.1 Å². The molecule has 0 amide bonds. The topological polar surface area (TPSA) is 59.4 Å². The molecule has 0 spiro atoms. The fourth-order valence-corrected chi connectivity index (χ4v) is 1.93. The molecule has 2 aromatic rings. The molecule has 1 N–H and O–H groups in total. The lowest BCUT2D eigenvalue weighted by Crippen LogP contribution is -1.96. The summed E-state index contributed by atoms with van der Waals surface area (Å²) in [7, 11) is 0. The molecule has 102 valence electrons. The maximum atomic E-state index is 10.5. The second-order valence-corrected chi connectivity index (χ2v) is 4.86. The number of carboxylic acid groups (broad SMARTS) is 1. The summed E-state index contributed by atoms with van der Waals surface area (Å²) in [6, 6.07) is 9.19. The summed E-state index contributed by atoms with van der Waals surface area (Å²) >= 11 is 3.37. The number of carbonyl (C=O) groups is 1. The van der Waals surface area contributed by atoms with Crippen LogP contribution in [-0.2, 0) is 11.4 Å². The minimum absolute atomic E-state index is 0.414. The normalized spacial score (nSPS) is 10.7. The predicted molar refractivity (Wildman–Crippen MR) is 79.4 cm³/mol. The second kappa shape index (κ2) is 6.86. The molecule has 4 nitrogen and oxygen atoms in total. The standard InChI is InChI=1S/C15H12BrNO3/c16-14-5-4-13(8-12(14)3-6-15(18)19)20-10-11-2-1-7-17-9-11/h1-9H,10H2,(H,18,19)/b6-3+. The van der Waals surface area contributed by atoms with Crippen molar-refractivity contribution in [3.63, 3.8) is 0 Å². The zero-order chi connectivity index (χ0) is 14.4. The van der Waals surface area contributed by atoms with Gasteiger partial charge in [0.15, 0.2) is 0 Å². The van der Waals surface area contributed by atoms with Gasteiger partial charge in [-0.3, -0.25) is 4.98 Å². The number of carboxylic acids is 1. The van der Waals surface area contributed by atoms with Gasteiger partial charge in [0, 0.05) is 28.5 Å². The third kappa shape index (κ3) is 4.20. The van der Waals surface area contributed by atoms with Crippen LogP contribution in [0.5, 0.6) is 5.75 Å². The number of nitrogens with zero attached hydrogens (tertiary/aromatic N) is 1. The van der Waals surface area contributed by atoms with Crippen LogP contribution in [0.4, 0.5) is 0 Å². The summed E-state index contributed by atoms with van der Waals surface area (Å²) in [4.78, 5) is 14.6. The van der Waals surface area contributed by atoms with Crippen molar-refractivity contribution in [2.24, 2.45) is 0 Å². The van der Waals surface area contributed by atoms with Gasteiger partial charge in [-0.1, -0.05) is 22.0 Å². The molecule has 0 radical (unpaired) electrons. The van der Waals surface area contributed by atoms with Crippen molar-refractivity contribution in [1.82, 2.24) is 4.98 Å². The highest BCUT2D eigenvalue weighted by molar-refractivity contribution is 9.10. The van der Waals surface area contributed by atoms with Crippen molar-refractivity contribution in [2.45, 2.75) is 6.61 Å². The Kier molecular flexibility index (Phi) is 4.90. The molecule has 5 heteroatoms. The van der Waals surface area contributed by atoms with E-state index in [0.717, 1.165) is 21.7 Å². The Hall–Kier alpha value is -2.14. The highest BCUT2D eigenvalue weighted by Gasteiger charge is 2.01. The number of hydrogen-bond donors (Lipinski definition) is 1. The van der Waals surface area contributed by atoms with Gasteiger partial charge in [0.2, 0.25) is 0 Å². The third-order valence-electron chi connectivity index (χ3n) is 2.50. The Labute approximate surface area is 124 Å². The number of benzene rings is 1. The van der Waals surface area contributed by atoms with Gasteiger partial charge >= 0.3 is 5.97 Å². The van der Waals surface area contributed by atoms with Crippen molar-refractivity contribution in [3.05, 3.63) is 64.4 Å². The van der Waals surface area contributed by atoms with Gasteiger partial charge in [-0.15, -0.1) is 0 Å². The number of ether oxygens (including phenoxy) is 1. The predicted octanol–water partition coefficient (Wildman–Crippen LogP) is 3.52. The molecule has 1 aromatic heterocycles. The van der Waals surface area contributed by atoms with E-state index in [1.54, 1.807) is 18.5 Å². The van der Waals surface area contributed by atoms with Crippen LogP contribution >= 0.6 is 15.9 Å². The molecule has 0 aliphatic heterocycles. The van der Waals surface area contributed by atoms with Gasteiger partial charge in [-0.25, -0.2) is 4.79 Å². The molecule has 0 unspecified atom stereocenters. The smallest absolute Gasteiger partial charge is 0.328 e. The van der Waals surface area contributed by atoms with Crippen LogP contribution in [0.15, 0.2) is 53.3 Å². The summed E-state index contributed by atoms with van der Waals surface area (Å²) in [5.41, 5.74) is 1.72. The molecule has 0 fully saturated rings. The molecule has 0 aliphatic carbocycles. The number of aliphatic carboxylic acids is 1. The summed E-state index contributed by atoms with van der Waals surface area (Å²) in [6.45, 7) is 0.414. The van der Waals surface area contributed by atoms with E-state index in [1.165, 1.54) is 6.08 Å². The minimum Gasteiger partial charge on any atom is -0.489 e. The maximum absolute atomic E-state index is 10.5. The zero-order valence-corrected chi connectivity index (χ0v) is 12.1. The van der Waals surface area contributed by atoms with Crippen molar-refractivity contribution < 1.29 is 14.6 Å². The van der Waals surface area contributed by atoms with Gasteiger partial charge < -0.3 is 9.84 Å². The molecule has 0 bridgehead atoms. The highest BCUT2D eigenvalue weighted by Crippen LogP contribution is 2.24. The lowest BCUT2D eigenvalue weighted by Gasteiger charge is -2.07. The fourth-order valence-electron chi connectivity index (χ4n) is 1.55. The van der Waals surface area contributed by atoms with E-state index in [9.17, 15) is 4.79 Å². The summed E-state index contributed by atoms with van der Waals surface area (Å²) in [6.07, 6.45) is 6.05. The van der Waals surface area contributed by atoms with E-state index < -0.39 is 5.97 Å². The Morgan fingerprint density at radius 2 is 2.25 bits per heavy atom. The van der Waals surface area contributed by atoms with Crippen LogP contribution in [0.2, 0.25) is 0 Å². The van der Waals surface area contributed by atoms with E-state index in [-0.39, 0.29) is 0 Å². The number of pyridine rings is 1. The quantitative estimate of drug-likeness (QED) is 0.850. The molecule has 0 saturated heterocycles. The number of rotatable bonds is 5. The van der Waals surface area contributed by atoms with E-state index in [1.807, 2.05) is 24.3 Å². The van der Waals surface area contributed by atoms with Gasteiger partial charge in [-0.2, -0.15) is 0 Å². The average Bonchev–Trinajstić information content (AvgIpc) is 2.46. The monoisotopic (exact) mass is 333 g/mol. The van der Waals surface area contributed by atoms with E-state index in [2.05, 4.69) is 20.9 Å². The summed E-state index contributed by atoms with van der Waals surface area (Å²) in [5, 5.41) is 8.65. The van der Waals surface area contributed by atoms with Gasteiger partial charge in [0.25, 0.3) is 0 Å². The third-order valence-corrected chi connectivity index (χ3v) is 3.22. The Morgan fingerprint density at radius 3 is 2.95 bits per heavy atom. The van der Waals surface area contributed by atoms with Crippen molar-refractivity contribution in [2.75, 3.05) is 0 Å². The average molecular weight is 334 g/mol. The SMILES string of the molecule is O=C(O)/C=C/c1cc(OCc2cccnc2)ccc1Br. The lowest BCUT2D eigenvalue weighted by molar-refractivity contribution is -0.131. The molecule has 0 atom stereocenters. The Balaban J connectivity index is 2.09. The van der Waals surface area contributed by atoms with E-state index >= 15 is 0 Å². The van der Waals surface area contributed by atoms with Crippen LogP contribution in [0, 0.1) is 0 Å². The van der Waals surface area contributed by atoms with Crippen molar-refractivity contribution >= 4 is 28.0 Å². The van der Waals surface area contributed by atoms with E-state index in [4.69, 9.17) is 9.84 Å².